The van der Waals surface area contributed by atoms with Crippen LogP contribution in [0.5, 0.6) is 0 Å². The highest BCUT2D eigenvalue weighted by Gasteiger charge is 2.10. The number of rotatable bonds is 3. The van der Waals surface area contributed by atoms with Gasteiger partial charge < -0.3 is 5.32 Å². The largest absolute Gasteiger partial charge is 0.348 e. The van der Waals surface area contributed by atoms with Gasteiger partial charge in [0.25, 0.3) is 5.91 Å². The van der Waals surface area contributed by atoms with E-state index < -0.39 is 17.5 Å². The van der Waals surface area contributed by atoms with Crippen molar-refractivity contribution in [2.45, 2.75) is 6.54 Å². The first kappa shape index (κ1) is 14.9. The van der Waals surface area contributed by atoms with E-state index in [1.807, 2.05) is 0 Å². The Balaban J connectivity index is 2.08. The Labute approximate surface area is 127 Å². The van der Waals surface area contributed by atoms with E-state index in [0.29, 0.717) is 10.0 Å². The molecule has 0 unspecified atom stereocenters. The van der Waals surface area contributed by atoms with E-state index in [1.54, 1.807) is 12.1 Å². The molecule has 0 aliphatic carbocycles. The van der Waals surface area contributed by atoms with Gasteiger partial charge >= 0.3 is 0 Å². The van der Waals surface area contributed by atoms with Gasteiger partial charge in [0.2, 0.25) is 0 Å². The van der Waals surface area contributed by atoms with Crippen molar-refractivity contribution in [3.05, 3.63) is 68.7 Å². The first-order valence-electron chi connectivity index (χ1n) is 5.64. The summed E-state index contributed by atoms with van der Waals surface area (Å²) in [5, 5.41) is 2.42. The molecule has 2 aromatic rings. The van der Waals surface area contributed by atoms with Gasteiger partial charge in [0.15, 0.2) is 0 Å². The predicted molar refractivity (Wildman–Crippen MR) is 76.7 cm³/mol. The second kappa shape index (κ2) is 6.33. The highest BCUT2D eigenvalue weighted by atomic mass is 79.9. The van der Waals surface area contributed by atoms with E-state index >= 15 is 0 Å². The van der Waals surface area contributed by atoms with E-state index in [9.17, 15) is 13.6 Å². The van der Waals surface area contributed by atoms with Gasteiger partial charge in [0, 0.05) is 22.1 Å². The van der Waals surface area contributed by atoms with Crippen LogP contribution in [0.3, 0.4) is 0 Å². The minimum Gasteiger partial charge on any atom is -0.348 e. The van der Waals surface area contributed by atoms with E-state index in [-0.39, 0.29) is 17.1 Å². The van der Waals surface area contributed by atoms with Gasteiger partial charge in [-0.3, -0.25) is 4.79 Å². The zero-order chi connectivity index (χ0) is 14.7. The van der Waals surface area contributed by atoms with Crippen molar-refractivity contribution in [3.8, 4) is 0 Å². The van der Waals surface area contributed by atoms with E-state index in [4.69, 9.17) is 11.6 Å². The number of carbonyl (C=O) groups excluding carboxylic acids is 1. The summed E-state index contributed by atoms with van der Waals surface area (Å²) in [6.07, 6.45) is 0. The zero-order valence-corrected chi connectivity index (χ0v) is 12.4. The molecule has 0 saturated heterocycles. The zero-order valence-electron chi connectivity index (χ0n) is 10.1. The Bertz CT molecular complexity index is 664. The topological polar surface area (TPSA) is 29.1 Å². The molecule has 1 N–H and O–H groups in total. The fraction of sp³-hybridized carbons (Fsp3) is 0.0714. The molecule has 104 valence electrons. The number of hydrogen-bond acceptors (Lipinski definition) is 1. The number of benzene rings is 2. The van der Waals surface area contributed by atoms with Crippen molar-refractivity contribution in [2.75, 3.05) is 0 Å². The molecule has 0 saturated carbocycles. The molecule has 1 amide bonds. The Morgan fingerprint density at radius 3 is 2.55 bits per heavy atom. The number of hydrogen-bond donors (Lipinski definition) is 1. The first-order valence-corrected chi connectivity index (χ1v) is 6.81. The lowest BCUT2D eigenvalue weighted by atomic mass is 10.2. The SMILES string of the molecule is O=C(NCc1cc(Br)ccc1F)c1ccc(F)c(Cl)c1. The van der Waals surface area contributed by atoms with Gasteiger partial charge in [-0.1, -0.05) is 27.5 Å². The van der Waals surface area contributed by atoms with Crippen LogP contribution in [0, 0.1) is 11.6 Å². The van der Waals surface area contributed by atoms with Crippen LogP contribution in [0.4, 0.5) is 8.78 Å². The summed E-state index contributed by atoms with van der Waals surface area (Å²) in [6.45, 7) is 0.0269. The van der Waals surface area contributed by atoms with Gasteiger partial charge in [0.05, 0.1) is 5.02 Å². The van der Waals surface area contributed by atoms with Gasteiger partial charge in [0.1, 0.15) is 11.6 Å². The average Bonchev–Trinajstić information content (AvgIpc) is 2.42. The van der Waals surface area contributed by atoms with Crippen molar-refractivity contribution >= 4 is 33.4 Å². The summed E-state index contributed by atoms with van der Waals surface area (Å²) in [6, 6.07) is 8.10. The molecule has 0 bridgehead atoms. The third-order valence-electron chi connectivity index (χ3n) is 2.63. The van der Waals surface area contributed by atoms with Crippen LogP contribution in [0.2, 0.25) is 5.02 Å². The summed E-state index contributed by atoms with van der Waals surface area (Å²) < 4.78 is 27.2. The van der Waals surface area contributed by atoms with Gasteiger partial charge in [-0.15, -0.1) is 0 Å². The van der Waals surface area contributed by atoms with Crippen LogP contribution in [0.15, 0.2) is 40.9 Å². The molecular weight excluding hydrogens is 352 g/mol. The van der Waals surface area contributed by atoms with Crippen molar-refractivity contribution in [3.63, 3.8) is 0 Å². The average molecular weight is 361 g/mol. The lowest BCUT2D eigenvalue weighted by Gasteiger charge is -2.07. The lowest BCUT2D eigenvalue weighted by Crippen LogP contribution is -2.23. The Morgan fingerprint density at radius 2 is 1.85 bits per heavy atom. The summed E-state index contributed by atoms with van der Waals surface area (Å²) in [5.74, 6) is -1.46. The maximum absolute atomic E-state index is 13.5. The minimum atomic E-state index is -0.596. The monoisotopic (exact) mass is 359 g/mol. The van der Waals surface area contributed by atoms with Gasteiger partial charge in [-0.05, 0) is 36.4 Å². The van der Waals surface area contributed by atoms with Crippen molar-refractivity contribution < 1.29 is 13.6 Å². The second-order valence-corrected chi connectivity index (χ2v) is 5.37. The molecule has 0 atom stereocenters. The van der Waals surface area contributed by atoms with Crippen LogP contribution in [0.1, 0.15) is 15.9 Å². The molecule has 2 nitrogen and oxygen atoms in total. The standard InChI is InChI=1S/C14H9BrClF2NO/c15-10-2-4-12(17)9(5-10)7-19-14(20)8-1-3-13(18)11(16)6-8/h1-6H,7H2,(H,19,20). The molecule has 0 fully saturated rings. The second-order valence-electron chi connectivity index (χ2n) is 4.05. The van der Waals surface area contributed by atoms with E-state index in [2.05, 4.69) is 21.2 Å². The predicted octanol–water partition coefficient (Wildman–Crippen LogP) is 4.31. The smallest absolute Gasteiger partial charge is 0.251 e. The van der Waals surface area contributed by atoms with Crippen molar-refractivity contribution in [1.29, 1.82) is 0 Å². The number of nitrogens with one attached hydrogen (secondary N) is 1. The normalized spacial score (nSPS) is 10.4. The van der Waals surface area contributed by atoms with Crippen LogP contribution < -0.4 is 5.32 Å². The summed E-state index contributed by atoms with van der Waals surface area (Å²) in [7, 11) is 0. The van der Waals surface area contributed by atoms with Crippen LogP contribution in [-0.2, 0) is 6.54 Å². The maximum Gasteiger partial charge on any atom is 0.251 e. The van der Waals surface area contributed by atoms with Crippen LogP contribution in [-0.4, -0.2) is 5.91 Å². The molecular formula is C14H9BrClF2NO. The van der Waals surface area contributed by atoms with E-state index in [0.717, 1.165) is 6.07 Å². The summed E-state index contributed by atoms with van der Waals surface area (Å²) in [4.78, 5) is 11.9. The highest BCUT2D eigenvalue weighted by molar-refractivity contribution is 9.10. The quantitative estimate of drug-likeness (QED) is 0.868. The number of amides is 1. The molecule has 2 rings (SSSR count). The highest BCUT2D eigenvalue weighted by Crippen LogP contribution is 2.17. The fourth-order valence-electron chi connectivity index (χ4n) is 1.59. The Morgan fingerprint density at radius 1 is 1.15 bits per heavy atom. The summed E-state index contributed by atoms with van der Waals surface area (Å²) >= 11 is 8.83. The van der Waals surface area contributed by atoms with Crippen LogP contribution in [0.25, 0.3) is 0 Å². The van der Waals surface area contributed by atoms with E-state index in [1.165, 1.54) is 18.2 Å². The Kier molecular flexibility index (Phi) is 4.73. The Hall–Kier alpha value is -1.46. The molecule has 20 heavy (non-hydrogen) atoms. The molecule has 0 aromatic heterocycles. The van der Waals surface area contributed by atoms with Crippen molar-refractivity contribution in [2.24, 2.45) is 0 Å². The lowest BCUT2D eigenvalue weighted by molar-refractivity contribution is 0.0950. The number of carbonyl (C=O) groups is 1. The molecule has 0 aliphatic rings. The van der Waals surface area contributed by atoms with Crippen LogP contribution >= 0.6 is 27.5 Å². The molecule has 2 aromatic carbocycles. The summed E-state index contributed by atoms with van der Waals surface area (Å²) in [5.41, 5.74) is 0.563. The fourth-order valence-corrected chi connectivity index (χ4v) is 2.18. The van der Waals surface area contributed by atoms with Crippen molar-refractivity contribution in [1.82, 2.24) is 5.32 Å². The maximum atomic E-state index is 13.5. The van der Waals surface area contributed by atoms with Gasteiger partial charge in [-0.25, -0.2) is 8.78 Å². The number of halogens is 4. The molecule has 6 heteroatoms. The molecule has 0 radical (unpaired) electrons. The third-order valence-corrected chi connectivity index (χ3v) is 3.41. The molecule has 0 spiro atoms. The van der Waals surface area contributed by atoms with Gasteiger partial charge in [-0.2, -0.15) is 0 Å². The minimum absolute atomic E-state index is 0.0269. The molecule has 0 heterocycles. The third kappa shape index (κ3) is 3.55. The first-order chi connectivity index (χ1) is 9.47. The molecule has 0 aliphatic heterocycles.